The van der Waals surface area contributed by atoms with Crippen LogP contribution in [-0.4, -0.2) is 23.0 Å². The average molecular weight is 235 g/mol. The maximum atomic E-state index is 12.0. The van der Waals surface area contributed by atoms with Crippen molar-refractivity contribution in [1.29, 1.82) is 0 Å². The maximum absolute atomic E-state index is 12.0. The van der Waals surface area contributed by atoms with Gasteiger partial charge in [-0.3, -0.25) is 0 Å². The molecule has 0 aromatic heterocycles. The molecule has 0 aliphatic carbocycles. The number of hydrogen-bond donors (Lipinski definition) is 0. The van der Waals surface area contributed by atoms with Crippen LogP contribution in [0.2, 0.25) is 0 Å². The number of para-hydroxylation sites is 1. The van der Waals surface area contributed by atoms with Crippen LogP contribution >= 0.6 is 0 Å². The van der Waals surface area contributed by atoms with Gasteiger partial charge < -0.3 is 5.21 Å². The van der Waals surface area contributed by atoms with Gasteiger partial charge in [0.2, 0.25) is 0 Å². The molecule has 1 aromatic carbocycles. The Hall–Kier alpha value is -1.58. The molecule has 0 unspecified atom stereocenters. The van der Waals surface area contributed by atoms with E-state index in [2.05, 4.69) is 12.1 Å². The standard InChI is InChI=1S/C13H21N3O/c1-4-9-12-10-7-8-11-13(12)16(17)14-15(5-2)6-3/h7-8,10-11H,4-6,9H2,1-3H3. The Kier molecular flexibility index (Phi) is 5.46. The lowest BCUT2D eigenvalue weighted by molar-refractivity contribution is -0.462. The quantitative estimate of drug-likeness (QED) is 0.430. The highest BCUT2D eigenvalue weighted by atomic mass is 16.5. The van der Waals surface area contributed by atoms with Crippen LogP contribution in [-0.2, 0) is 6.42 Å². The van der Waals surface area contributed by atoms with E-state index in [1.807, 2.05) is 38.1 Å². The van der Waals surface area contributed by atoms with Crippen molar-refractivity contribution in [3.05, 3.63) is 35.0 Å². The summed E-state index contributed by atoms with van der Waals surface area (Å²) in [5.41, 5.74) is 1.71. The third-order valence-electron chi connectivity index (χ3n) is 2.65. The fourth-order valence-corrected chi connectivity index (χ4v) is 1.69. The van der Waals surface area contributed by atoms with Crippen LogP contribution in [0.4, 0.5) is 5.69 Å². The fourth-order valence-electron chi connectivity index (χ4n) is 1.69. The van der Waals surface area contributed by atoms with Gasteiger partial charge in [-0.15, -0.1) is 4.86 Å². The molecule has 0 spiro atoms. The highest BCUT2D eigenvalue weighted by Crippen LogP contribution is 2.20. The number of rotatable bonds is 6. The van der Waals surface area contributed by atoms with Crippen molar-refractivity contribution in [2.75, 3.05) is 13.1 Å². The second-order valence-electron chi connectivity index (χ2n) is 3.88. The summed E-state index contributed by atoms with van der Waals surface area (Å²) in [5, 5.41) is 17.8. The third-order valence-corrected chi connectivity index (χ3v) is 2.65. The Bertz CT molecular complexity index is 373. The molecule has 1 rings (SSSR count). The van der Waals surface area contributed by atoms with Crippen LogP contribution in [0.5, 0.6) is 0 Å². The first kappa shape index (κ1) is 13.5. The van der Waals surface area contributed by atoms with Gasteiger partial charge in [0.1, 0.15) is 13.1 Å². The van der Waals surface area contributed by atoms with Crippen molar-refractivity contribution < 1.29 is 4.86 Å². The number of nitrogens with zero attached hydrogens (tertiary/aromatic N) is 3. The van der Waals surface area contributed by atoms with Crippen LogP contribution in [0.1, 0.15) is 32.8 Å². The van der Waals surface area contributed by atoms with E-state index in [0.29, 0.717) is 5.69 Å². The molecule has 94 valence electrons. The third kappa shape index (κ3) is 3.73. The molecule has 0 atom stereocenters. The Balaban J connectivity index is 2.98. The van der Waals surface area contributed by atoms with Crippen LogP contribution in [0, 0.1) is 5.21 Å². The smallest absolute Gasteiger partial charge is 0.157 e. The molecule has 4 nitrogen and oxygen atoms in total. The van der Waals surface area contributed by atoms with Crippen LogP contribution < -0.4 is 0 Å². The van der Waals surface area contributed by atoms with Gasteiger partial charge in [0, 0.05) is 5.56 Å². The largest absolute Gasteiger partial charge is 0.691 e. The summed E-state index contributed by atoms with van der Waals surface area (Å²) in [4.78, 5) is 0.734. The van der Waals surface area contributed by atoms with E-state index in [4.69, 9.17) is 0 Å². The van der Waals surface area contributed by atoms with Crippen LogP contribution in [0.15, 0.2) is 29.5 Å². The first-order valence-electron chi connectivity index (χ1n) is 6.24. The van der Waals surface area contributed by atoms with Crippen LogP contribution in [0.3, 0.4) is 0 Å². The minimum atomic E-state index is 0.654. The Morgan fingerprint density at radius 2 is 1.82 bits per heavy atom. The lowest BCUT2D eigenvalue weighted by Gasteiger charge is -2.13. The molecular weight excluding hydrogens is 214 g/mol. The van der Waals surface area contributed by atoms with E-state index in [9.17, 15) is 5.21 Å². The monoisotopic (exact) mass is 235 g/mol. The van der Waals surface area contributed by atoms with E-state index in [-0.39, 0.29) is 0 Å². The zero-order valence-corrected chi connectivity index (χ0v) is 10.9. The lowest BCUT2D eigenvalue weighted by Crippen LogP contribution is -2.18. The Morgan fingerprint density at radius 3 is 2.41 bits per heavy atom. The Labute approximate surface area is 103 Å². The lowest BCUT2D eigenvalue weighted by atomic mass is 10.1. The zero-order chi connectivity index (χ0) is 12.7. The van der Waals surface area contributed by atoms with E-state index in [1.165, 1.54) is 0 Å². The summed E-state index contributed by atoms with van der Waals surface area (Å²) < 4.78 is 0. The number of benzene rings is 1. The van der Waals surface area contributed by atoms with Gasteiger partial charge in [-0.05, 0) is 26.3 Å². The van der Waals surface area contributed by atoms with Gasteiger partial charge >= 0.3 is 0 Å². The van der Waals surface area contributed by atoms with Gasteiger partial charge in [0.25, 0.3) is 0 Å². The van der Waals surface area contributed by atoms with Gasteiger partial charge in [-0.1, -0.05) is 31.5 Å². The molecule has 0 radical (unpaired) electrons. The van der Waals surface area contributed by atoms with E-state index in [0.717, 1.165) is 36.4 Å². The maximum Gasteiger partial charge on any atom is 0.157 e. The first-order valence-corrected chi connectivity index (χ1v) is 6.24. The highest BCUT2D eigenvalue weighted by molar-refractivity contribution is 5.39. The second kappa shape index (κ2) is 6.89. The second-order valence-corrected chi connectivity index (χ2v) is 3.88. The summed E-state index contributed by atoms with van der Waals surface area (Å²) in [6.07, 6.45) is 1.93. The predicted octanol–water partition coefficient (Wildman–Crippen LogP) is 3.49. The molecule has 0 saturated carbocycles. The summed E-state index contributed by atoms with van der Waals surface area (Å²) in [6, 6.07) is 7.64. The summed E-state index contributed by atoms with van der Waals surface area (Å²) in [6.45, 7) is 7.56. The summed E-state index contributed by atoms with van der Waals surface area (Å²) in [7, 11) is 0. The van der Waals surface area contributed by atoms with Crippen molar-refractivity contribution in [2.45, 2.75) is 33.6 Å². The molecule has 4 heteroatoms. The molecule has 0 amide bonds. The molecule has 0 saturated heterocycles. The van der Waals surface area contributed by atoms with Crippen molar-refractivity contribution in [3.63, 3.8) is 0 Å². The zero-order valence-electron chi connectivity index (χ0n) is 10.9. The molecule has 1 aromatic rings. The SMILES string of the molecule is CCCc1ccccc1[N+]([O-])=NN(CC)CC. The van der Waals surface area contributed by atoms with Crippen molar-refractivity contribution in [3.8, 4) is 0 Å². The predicted molar refractivity (Wildman–Crippen MR) is 69.1 cm³/mol. The van der Waals surface area contributed by atoms with Crippen molar-refractivity contribution >= 4 is 5.69 Å². The minimum absolute atomic E-state index is 0.654. The molecule has 0 bridgehead atoms. The first-order chi connectivity index (χ1) is 8.22. The Morgan fingerprint density at radius 1 is 1.18 bits per heavy atom. The minimum Gasteiger partial charge on any atom is -0.691 e. The normalized spacial score (nSPS) is 11.6. The summed E-state index contributed by atoms with van der Waals surface area (Å²) >= 11 is 0. The number of aryl methyl sites for hydroxylation is 1. The van der Waals surface area contributed by atoms with E-state index >= 15 is 0 Å². The number of hydrogen-bond acceptors (Lipinski definition) is 2. The molecule has 0 heterocycles. The molecular formula is C13H21N3O. The van der Waals surface area contributed by atoms with Gasteiger partial charge in [-0.2, -0.15) is 5.01 Å². The molecule has 0 N–H and O–H groups in total. The molecule has 0 fully saturated rings. The molecule has 0 aliphatic heterocycles. The van der Waals surface area contributed by atoms with E-state index in [1.54, 1.807) is 5.01 Å². The summed E-state index contributed by atoms with van der Waals surface area (Å²) in [5.74, 6) is 0. The average Bonchev–Trinajstić information content (AvgIpc) is 2.36. The topological polar surface area (TPSA) is 41.7 Å². The van der Waals surface area contributed by atoms with Gasteiger partial charge in [0.05, 0.1) is 5.22 Å². The van der Waals surface area contributed by atoms with Crippen LogP contribution in [0.25, 0.3) is 0 Å². The van der Waals surface area contributed by atoms with E-state index < -0.39 is 0 Å². The fraction of sp³-hybridized carbons (Fsp3) is 0.538. The van der Waals surface area contributed by atoms with Crippen molar-refractivity contribution in [1.82, 2.24) is 5.01 Å². The van der Waals surface area contributed by atoms with Gasteiger partial charge in [0.15, 0.2) is 5.69 Å². The highest BCUT2D eigenvalue weighted by Gasteiger charge is 2.08. The molecule has 17 heavy (non-hydrogen) atoms. The van der Waals surface area contributed by atoms with Crippen molar-refractivity contribution in [2.24, 2.45) is 5.22 Å². The van der Waals surface area contributed by atoms with Gasteiger partial charge in [-0.25, -0.2) is 0 Å². The molecule has 0 aliphatic rings.